The van der Waals surface area contributed by atoms with Crippen molar-refractivity contribution in [3.05, 3.63) is 24.0 Å². The van der Waals surface area contributed by atoms with Crippen LogP contribution in [0.5, 0.6) is 0 Å². The third-order valence-corrected chi connectivity index (χ3v) is 2.60. The van der Waals surface area contributed by atoms with E-state index in [9.17, 15) is 18.4 Å². The second-order valence-corrected chi connectivity index (χ2v) is 3.62. The van der Waals surface area contributed by atoms with Crippen molar-refractivity contribution in [3.8, 4) is 0 Å². The van der Waals surface area contributed by atoms with Crippen molar-refractivity contribution >= 4 is 17.6 Å². The quantitative estimate of drug-likeness (QED) is 0.778. The molecule has 1 aromatic heterocycles. The Hall–Kier alpha value is -2.05. The van der Waals surface area contributed by atoms with E-state index in [4.69, 9.17) is 5.11 Å². The molecule has 7 heteroatoms. The highest BCUT2D eigenvalue weighted by atomic mass is 19.1. The van der Waals surface area contributed by atoms with E-state index in [1.165, 1.54) is 0 Å². The fourth-order valence-electron chi connectivity index (χ4n) is 1.79. The molecule has 1 aliphatic rings. The van der Waals surface area contributed by atoms with Gasteiger partial charge in [-0.3, -0.25) is 14.6 Å². The summed E-state index contributed by atoms with van der Waals surface area (Å²) < 4.78 is 26.7. The largest absolute Gasteiger partial charge is 0.481 e. The first-order valence-corrected chi connectivity index (χ1v) is 4.85. The molecule has 0 aliphatic carbocycles. The third-order valence-electron chi connectivity index (χ3n) is 2.60. The first-order chi connectivity index (χ1) is 8.02. The van der Waals surface area contributed by atoms with Gasteiger partial charge in [-0.25, -0.2) is 8.78 Å². The van der Waals surface area contributed by atoms with E-state index in [2.05, 4.69) is 4.98 Å². The highest BCUT2D eigenvalue weighted by molar-refractivity contribution is 6.07. The van der Waals surface area contributed by atoms with E-state index in [-0.39, 0.29) is 13.0 Å². The highest BCUT2D eigenvalue weighted by Gasteiger charge is 2.39. The van der Waals surface area contributed by atoms with Crippen LogP contribution in [0.15, 0.2) is 12.4 Å². The molecule has 1 unspecified atom stereocenters. The number of amides is 1. The number of carboxylic acid groups (broad SMARTS) is 1. The predicted molar refractivity (Wildman–Crippen MR) is 52.2 cm³/mol. The third kappa shape index (κ3) is 1.83. The van der Waals surface area contributed by atoms with Crippen molar-refractivity contribution in [2.45, 2.75) is 6.42 Å². The molecule has 0 aromatic carbocycles. The molecule has 2 heterocycles. The summed E-state index contributed by atoms with van der Waals surface area (Å²) in [6, 6.07) is 0. The fourth-order valence-corrected chi connectivity index (χ4v) is 1.79. The number of carboxylic acids is 1. The number of anilines is 1. The van der Waals surface area contributed by atoms with Crippen molar-refractivity contribution in [1.82, 2.24) is 4.98 Å². The van der Waals surface area contributed by atoms with E-state index in [0.717, 1.165) is 17.3 Å². The molecule has 1 aliphatic heterocycles. The van der Waals surface area contributed by atoms with Gasteiger partial charge in [-0.05, 0) is 6.42 Å². The number of carbonyl (C=O) groups excluding carboxylic acids is 1. The standard InChI is InChI=1S/C10H8F2N2O3/c11-6-3-13-4-7(12)8(6)14-2-1-5(9(14)15)10(16)17/h3-5H,1-2H2,(H,16,17). The maximum atomic E-state index is 13.4. The molecule has 0 saturated carbocycles. The summed E-state index contributed by atoms with van der Waals surface area (Å²) in [6.07, 6.45) is 1.59. The minimum Gasteiger partial charge on any atom is -0.481 e. The summed E-state index contributed by atoms with van der Waals surface area (Å²) in [4.78, 5) is 26.5. The van der Waals surface area contributed by atoms with Crippen LogP contribution in [-0.4, -0.2) is 28.5 Å². The van der Waals surface area contributed by atoms with Crippen LogP contribution in [0.4, 0.5) is 14.5 Å². The minimum absolute atomic E-state index is 0.0202. The van der Waals surface area contributed by atoms with E-state index < -0.39 is 35.1 Å². The molecule has 2 rings (SSSR count). The highest BCUT2D eigenvalue weighted by Crippen LogP contribution is 2.29. The van der Waals surface area contributed by atoms with Crippen molar-refractivity contribution in [3.63, 3.8) is 0 Å². The second-order valence-electron chi connectivity index (χ2n) is 3.62. The van der Waals surface area contributed by atoms with Gasteiger partial charge in [0.25, 0.3) is 0 Å². The Morgan fingerprint density at radius 3 is 2.47 bits per heavy atom. The van der Waals surface area contributed by atoms with E-state index in [1.54, 1.807) is 0 Å². The average molecular weight is 242 g/mol. The molecule has 0 spiro atoms. The molecule has 1 N–H and O–H groups in total. The predicted octanol–water partition coefficient (Wildman–Crippen LogP) is 0.797. The number of carbonyl (C=O) groups is 2. The Morgan fingerprint density at radius 1 is 1.41 bits per heavy atom. The van der Waals surface area contributed by atoms with Crippen molar-refractivity contribution in [2.75, 3.05) is 11.4 Å². The summed E-state index contributed by atoms with van der Waals surface area (Å²) in [5.74, 6) is -5.29. The van der Waals surface area contributed by atoms with Gasteiger partial charge < -0.3 is 10.0 Å². The first kappa shape index (κ1) is 11.4. The normalized spacial score (nSPS) is 19.8. The maximum absolute atomic E-state index is 13.4. The first-order valence-electron chi connectivity index (χ1n) is 4.85. The SMILES string of the molecule is O=C(O)C1CCN(c2c(F)cncc2F)C1=O. The van der Waals surface area contributed by atoms with Crippen LogP contribution in [-0.2, 0) is 9.59 Å². The number of rotatable bonds is 2. The Labute approximate surface area is 94.7 Å². The lowest BCUT2D eigenvalue weighted by atomic mass is 10.1. The lowest BCUT2D eigenvalue weighted by Gasteiger charge is -2.17. The van der Waals surface area contributed by atoms with Gasteiger partial charge in [0.2, 0.25) is 5.91 Å². The Balaban J connectivity index is 2.37. The smallest absolute Gasteiger partial charge is 0.316 e. The minimum atomic E-state index is -1.28. The maximum Gasteiger partial charge on any atom is 0.316 e. The van der Waals surface area contributed by atoms with Crippen LogP contribution in [0.2, 0.25) is 0 Å². The average Bonchev–Trinajstić information content (AvgIpc) is 2.61. The van der Waals surface area contributed by atoms with Gasteiger partial charge in [-0.2, -0.15) is 0 Å². The van der Waals surface area contributed by atoms with Crippen molar-refractivity contribution < 1.29 is 23.5 Å². The molecule has 0 bridgehead atoms. The van der Waals surface area contributed by atoms with Gasteiger partial charge in [0.05, 0.1) is 12.4 Å². The van der Waals surface area contributed by atoms with Crippen LogP contribution in [0, 0.1) is 17.6 Å². The lowest BCUT2D eigenvalue weighted by molar-refractivity contribution is -0.144. The molecule has 1 fully saturated rings. The molecule has 1 amide bonds. The summed E-state index contributed by atoms with van der Waals surface area (Å²) in [7, 11) is 0. The molecule has 1 saturated heterocycles. The molecule has 0 radical (unpaired) electrons. The van der Waals surface area contributed by atoms with Gasteiger partial charge in [0.15, 0.2) is 11.6 Å². The van der Waals surface area contributed by atoms with E-state index in [0.29, 0.717) is 0 Å². The fraction of sp³-hybridized carbons (Fsp3) is 0.300. The molecule has 1 atom stereocenters. The zero-order chi connectivity index (χ0) is 12.6. The van der Waals surface area contributed by atoms with E-state index >= 15 is 0 Å². The number of aliphatic carboxylic acids is 1. The molecule has 17 heavy (non-hydrogen) atoms. The van der Waals surface area contributed by atoms with Gasteiger partial charge in [0.1, 0.15) is 11.6 Å². The second kappa shape index (κ2) is 4.08. The van der Waals surface area contributed by atoms with Crippen molar-refractivity contribution in [1.29, 1.82) is 0 Å². The summed E-state index contributed by atoms with van der Waals surface area (Å²) in [5.41, 5.74) is -0.534. The van der Waals surface area contributed by atoms with Crippen LogP contribution < -0.4 is 4.90 Å². The molecule has 90 valence electrons. The number of hydrogen-bond acceptors (Lipinski definition) is 3. The number of hydrogen-bond donors (Lipinski definition) is 1. The summed E-state index contributed by atoms with van der Waals surface area (Å²) in [6.45, 7) is -0.0202. The molecular weight excluding hydrogens is 234 g/mol. The van der Waals surface area contributed by atoms with Gasteiger partial charge >= 0.3 is 5.97 Å². The van der Waals surface area contributed by atoms with Gasteiger partial charge in [0, 0.05) is 6.54 Å². The number of nitrogens with zero attached hydrogens (tertiary/aromatic N) is 2. The monoisotopic (exact) mass is 242 g/mol. The summed E-state index contributed by atoms with van der Waals surface area (Å²) >= 11 is 0. The molecule has 5 nitrogen and oxygen atoms in total. The topological polar surface area (TPSA) is 70.5 Å². The van der Waals surface area contributed by atoms with Gasteiger partial charge in [-0.15, -0.1) is 0 Å². The zero-order valence-electron chi connectivity index (χ0n) is 8.56. The van der Waals surface area contributed by atoms with Crippen LogP contribution in [0.25, 0.3) is 0 Å². The molecular formula is C10H8F2N2O3. The van der Waals surface area contributed by atoms with Crippen LogP contribution >= 0.6 is 0 Å². The Bertz CT molecular complexity index is 472. The Kier molecular flexibility index (Phi) is 2.74. The molecule has 1 aromatic rings. The number of aromatic nitrogens is 1. The summed E-state index contributed by atoms with van der Waals surface area (Å²) in [5, 5.41) is 8.74. The van der Waals surface area contributed by atoms with E-state index in [1.807, 2.05) is 0 Å². The van der Waals surface area contributed by atoms with Gasteiger partial charge in [-0.1, -0.05) is 0 Å². The van der Waals surface area contributed by atoms with Crippen molar-refractivity contribution in [2.24, 2.45) is 5.92 Å². The number of halogens is 2. The number of pyridine rings is 1. The Morgan fingerprint density at radius 2 is 2.00 bits per heavy atom. The zero-order valence-corrected chi connectivity index (χ0v) is 8.56. The lowest BCUT2D eigenvalue weighted by Crippen LogP contribution is -2.31. The van der Waals surface area contributed by atoms with Crippen LogP contribution in [0.1, 0.15) is 6.42 Å². The van der Waals surface area contributed by atoms with Crippen LogP contribution in [0.3, 0.4) is 0 Å².